The van der Waals surface area contributed by atoms with Crippen LogP contribution in [0.1, 0.15) is 5.69 Å². The molecule has 96 valence electrons. The average Bonchev–Trinajstić information content (AvgIpc) is 2.84. The largest absolute Gasteiger partial charge is 0.383 e. The molecule has 0 aliphatic carbocycles. The van der Waals surface area contributed by atoms with Crippen molar-refractivity contribution in [2.75, 3.05) is 20.3 Å². The Balaban J connectivity index is 1.95. The van der Waals surface area contributed by atoms with Crippen molar-refractivity contribution in [3.8, 4) is 5.82 Å². The molecule has 0 saturated carbocycles. The van der Waals surface area contributed by atoms with Gasteiger partial charge in [-0.1, -0.05) is 0 Å². The number of imidazole rings is 1. The van der Waals surface area contributed by atoms with Crippen LogP contribution in [0.5, 0.6) is 0 Å². The van der Waals surface area contributed by atoms with E-state index in [-0.39, 0.29) is 0 Å². The van der Waals surface area contributed by atoms with Crippen LogP contribution in [-0.2, 0) is 11.3 Å². The van der Waals surface area contributed by atoms with Crippen molar-refractivity contribution in [2.24, 2.45) is 0 Å². The van der Waals surface area contributed by atoms with Gasteiger partial charge in [-0.05, 0) is 15.9 Å². The summed E-state index contributed by atoms with van der Waals surface area (Å²) < 4.78 is 7.51. The van der Waals surface area contributed by atoms with E-state index in [0.29, 0.717) is 17.8 Å². The SMILES string of the molecule is COCCNCc1cn(-c2cnc(Br)cn2)cn1. The van der Waals surface area contributed by atoms with E-state index in [4.69, 9.17) is 4.74 Å². The second kappa shape index (κ2) is 6.58. The Kier molecular flexibility index (Phi) is 4.80. The minimum atomic E-state index is 0.693. The van der Waals surface area contributed by atoms with Crippen LogP contribution in [0.2, 0.25) is 0 Å². The summed E-state index contributed by atoms with van der Waals surface area (Å²) >= 11 is 3.25. The van der Waals surface area contributed by atoms with Gasteiger partial charge < -0.3 is 10.1 Å². The van der Waals surface area contributed by atoms with E-state index in [1.807, 2.05) is 10.8 Å². The zero-order valence-electron chi connectivity index (χ0n) is 10.0. The number of ether oxygens (including phenoxy) is 1. The fourth-order valence-corrected chi connectivity index (χ4v) is 1.61. The van der Waals surface area contributed by atoms with Gasteiger partial charge in [0.15, 0.2) is 5.82 Å². The van der Waals surface area contributed by atoms with Crippen molar-refractivity contribution >= 4 is 15.9 Å². The molecule has 0 radical (unpaired) electrons. The molecular formula is C11H14BrN5O. The normalized spacial score (nSPS) is 10.8. The van der Waals surface area contributed by atoms with Crippen LogP contribution < -0.4 is 5.32 Å². The van der Waals surface area contributed by atoms with Crippen LogP contribution in [0.25, 0.3) is 5.82 Å². The number of hydrogen-bond donors (Lipinski definition) is 1. The van der Waals surface area contributed by atoms with Gasteiger partial charge in [-0.15, -0.1) is 0 Å². The first kappa shape index (κ1) is 13.1. The van der Waals surface area contributed by atoms with Gasteiger partial charge in [-0.2, -0.15) is 0 Å². The zero-order valence-corrected chi connectivity index (χ0v) is 11.6. The number of nitrogens with one attached hydrogen (secondary N) is 1. The van der Waals surface area contributed by atoms with Gasteiger partial charge in [0.25, 0.3) is 0 Å². The van der Waals surface area contributed by atoms with Crippen molar-refractivity contribution in [2.45, 2.75) is 6.54 Å². The minimum absolute atomic E-state index is 0.693. The highest BCUT2D eigenvalue weighted by Crippen LogP contribution is 2.07. The van der Waals surface area contributed by atoms with E-state index < -0.39 is 0 Å². The van der Waals surface area contributed by atoms with Crippen molar-refractivity contribution in [3.05, 3.63) is 35.2 Å². The lowest BCUT2D eigenvalue weighted by Gasteiger charge is -2.01. The third-order valence-electron chi connectivity index (χ3n) is 2.30. The van der Waals surface area contributed by atoms with Gasteiger partial charge >= 0.3 is 0 Å². The molecule has 18 heavy (non-hydrogen) atoms. The van der Waals surface area contributed by atoms with E-state index in [2.05, 4.69) is 36.2 Å². The molecule has 6 nitrogen and oxygen atoms in total. The van der Waals surface area contributed by atoms with Crippen LogP contribution >= 0.6 is 15.9 Å². The van der Waals surface area contributed by atoms with E-state index in [1.54, 1.807) is 25.8 Å². The highest BCUT2D eigenvalue weighted by molar-refractivity contribution is 9.10. The molecule has 7 heteroatoms. The quantitative estimate of drug-likeness (QED) is 0.811. The topological polar surface area (TPSA) is 64.9 Å². The van der Waals surface area contributed by atoms with Gasteiger partial charge in [-0.3, -0.25) is 4.57 Å². The molecule has 1 N–H and O–H groups in total. The van der Waals surface area contributed by atoms with Crippen LogP contribution in [0.4, 0.5) is 0 Å². The Morgan fingerprint density at radius 3 is 2.94 bits per heavy atom. The molecule has 0 bridgehead atoms. The van der Waals surface area contributed by atoms with Gasteiger partial charge in [0.2, 0.25) is 0 Å². The highest BCUT2D eigenvalue weighted by atomic mass is 79.9. The summed E-state index contributed by atoms with van der Waals surface area (Å²) in [4.78, 5) is 12.7. The van der Waals surface area contributed by atoms with Crippen molar-refractivity contribution in [1.29, 1.82) is 0 Å². The van der Waals surface area contributed by atoms with Crippen LogP contribution in [0.15, 0.2) is 29.5 Å². The molecule has 0 amide bonds. The summed E-state index contributed by atoms with van der Waals surface area (Å²) in [6, 6.07) is 0. The van der Waals surface area contributed by atoms with Gasteiger partial charge in [0.1, 0.15) is 10.9 Å². The molecule has 0 unspecified atom stereocenters. The Hall–Kier alpha value is -1.31. The van der Waals surface area contributed by atoms with Crippen LogP contribution in [-0.4, -0.2) is 39.8 Å². The summed E-state index contributed by atoms with van der Waals surface area (Å²) in [7, 11) is 1.68. The molecular weight excluding hydrogens is 298 g/mol. The van der Waals surface area contributed by atoms with Crippen LogP contribution in [0.3, 0.4) is 0 Å². The Bertz CT molecular complexity index is 484. The maximum atomic E-state index is 4.95. The first-order valence-electron chi connectivity index (χ1n) is 5.50. The fourth-order valence-electron chi connectivity index (χ4n) is 1.41. The number of hydrogen-bond acceptors (Lipinski definition) is 5. The van der Waals surface area contributed by atoms with Crippen molar-refractivity contribution in [1.82, 2.24) is 24.8 Å². The summed E-state index contributed by atoms with van der Waals surface area (Å²) in [6.45, 7) is 2.21. The van der Waals surface area contributed by atoms with Gasteiger partial charge in [-0.25, -0.2) is 15.0 Å². The van der Waals surface area contributed by atoms with Gasteiger partial charge in [0, 0.05) is 26.4 Å². The number of halogens is 1. The fraction of sp³-hybridized carbons (Fsp3) is 0.364. The smallest absolute Gasteiger partial charge is 0.156 e. The van der Waals surface area contributed by atoms with Crippen LogP contribution in [0, 0.1) is 0 Å². The molecule has 0 saturated heterocycles. The lowest BCUT2D eigenvalue weighted by Crippen LogP contribution is -2.18. The lowest BCUT2D eigenvalue weighted by atomic mass is 10.4. The molecule has 0 aliphatic heterocycles. The molecule has 0 atom stereocenters. The molecule has 0 aromatic carbocycles. The van der Waals surface area contributed by atoms with E-state index in [1.165, 1.54) is 0 Å². The second-order valence-corrected chi connectivity index (χ2v) is 4.45. The Morgan fingerprint density at radius 2 is 2.22 bits per heavy atom. The predicted octanol–water partition coefficient (Wildman–Crippen LogP) is 1.16. The number of aromatic nitrogens is 4. The number of nitrogens with zero attached hydrogens (tertiary/aromatic N) is 4. The summed E-state index contributed by atoms with van der Waals surface area (Å²) in [5, 5.41) is 3.23. The second-order valence-electron chi connectivity index (χ2n) is 3.64. The zero-order chi connectivity index (χ0) is 12.8. The highest BCUT2D eigenvalue weighted by Gasteiger charge is 2.02. The summed E-state index contributed by atoms with van der Waals surface area (Å²) in [6.07, 6.45) is 7.00. The van der Waals surface area contributed by atoms with Crippen molar-refractivity contribution < 1.29 is 4.74 Å². The maximum absolute atomic E-state index is 4.95. The van der Waals surface area contributed by atoms with Crippen molar-refractivity contribution in [3.63, 3.8) is 0 Å². The molecule has 0 fully saturated rings. The molecule has 2 heterocycles. The molecule has 0 aliphatic rings. The van der Waals surface area contributed by atoms with E-state index in [0.717, 1.165) is 18.1 Å². The lowest BCUT2D eigenvalue weighted by molar-refractivity contribution is 0.199. The summed E-state index contributed by atoms with van der Waals surface area (Å²) in [5.74, 6) is 0.744. The summed E-state index contributed by atoms with van der Waals surface area (Å²) in [5.41, 5.74) is 0.954. The third kappa shape index (κ3) is 3.59. The molecule has 2 rings (SSSR count). The Morgan fingerprint density at radius 1 is 1.33 bits per heavy atom. The first-order valence-corrected chi connectivity index (χ1v) is 6.29. The molecule has 0 spiro atoms. The maximum Gasteiger partial charge on any atom is 0.156 e. The average molecular weight is 312 g/mol. The van der Waals surface area contributed by atoms with E-state index >= 15 is 0 Å². The molecule has 2 aromatic heterocycles. The number of rotatable bonds is 6. The minimum Gasteiger partial charge on any atom is -0.383 e. The third-order valence-corrected chi connectivity index (χ3v) is 2.71. The standard InChI is InChI=1S/C11H14BrN5O/c1-18-3-2-13-4-9-7-17(8-16-9)11-6-14-10(12)5-15-11/h5-8,13H,2-4H2,1H3. The predicted molar refractivity (Wildman–Crippen MR) is 70.4 cm³/mol. The number of methoxy groups -OCH3 is 1. The van der Waals surface area contributed by atoms with Gasteiger partial charge in [0.05, 0.1) is 24.7 Å². The molecule has 2 aromatic rings. The first-order chi connectivity index (χ1) is 8.79. The van der Waals surface area contributed by atoms with E-state index in [9.17, 15) is 0 Å². The monoisotopic (exact) mass is 311 g/mol. The Labute approximate surface area is 114 Å².